The smallest absolute Gasteiger partial charge is 0.241 e. The first kappa shape index (κ1) is 21.4. The predicted octanol–water partition coefficient (Wildman–Crippen LogP) is 4.02. The molecule has 1 unspecified atom stereocenters. The minimum absolute atomic E-state index is 0.0882. The third-order valence-electron chi connectivity index (χ3n) is 5.72. The highest BCUT2D eigenvalue weighted by Crippen LogP contribution is 2.29. The Balaban J connectivity index is 1.62. The lowest BCUT2D eigenvalue weighted by Crippen LogP contribution is -2.48. The summed E-state index contributed by atoms with van der Waals surface area (Å²) in [6.45, 7) is 11.3. The number of amides is 1. The summed E-state index contributed by atoms with van der Waals surface area (Å²) in [6, 6.07) is 8.13. The average Bonchev–Trinajstić information content (AvgIpc) is 2.91. The van der Waals surface area contributed by atoms with Gasteiger partial charge in [0.2, 0.25) is 5.91 Å². The Morgan fingerprint density at radius 3 is 2.72 bits per heavy atom. The number of nitrogens with one attached hydrogen (secondary N) is 2. The normalized spacial score (nSPS) is 19.8. The van der Waals surface area contributed by atoms with Gasteiger partial charge in [0, 0.05) is 30.2 Å². The van der Waals surface area contributed by atoms with Crippen molar-refractivity contribution in [1.29, 1.82) is 0 Å². The number of carbonyl (C=O) groups excluding carboxylic acids is 1. The highest BCUT2D eigenvalue weighted by molar-refractivity contribution is 5.92. The standard InChI is InChI=1S/C23H34N4O2/c1-15(2)20-22(28)27(23(4,5)26-20)12-8-9-16(3)25-19-14-18(29-6)13-17-10-7-11-24-21(17)19/h7,10-11,13-16,20,25-26H,8-9,12H2,1-6H3/t16?,20-/m1/s1. The maximum absolute atomic E-state index is 12.8. The third kappa shape index (κ3) is 4.64. The molecule has 0 saturated carbocycles. The summed E-state index contributed by atoms with van der Waals surface area (Å²) in [7, 11) is 1.68. The lowest BCUT2D eigenvalue weighted by molar-refractivity contribution is -0.132. The molecule has 158 valence electrons. The van der Waals surface area contributed by atoms with Gasteiger partial charge in [0.1, 0.15) is 5.75 Å². The number of hydrogen-bond acceptors (Lipinski definition) is 5. The van der Waals surface area contributed by atoms with Crippen molar-refractivity contribution in [1.82, 2.24) is 15.2 Å². The second kappa shape index (κ2) is 8.57. The third-order valence-corrected chi connectivity index (χ3v) is 5.72. The molecule has 2 N–H and O–H groups in total. The van der Waals surface area contributed by atoms with E-state index in [4.69, 9.17) is 4.74 Å². The summed E-state index contributed by atoms with van der Waals surface area (Å²) in [5.41, 5.74) is 1.63. The van der Waals surface area contributed by atoms with E-state index in [0.717, 1.165) is 41.7 Å². The van der Waals surface area contributed by atoms with Crippen LogP contribution in [-0.4, -0.2) is 47.2 Å². The number of nitrogens with zero attached hydrogens (tertiary/aromatic N) is 2. The van der Waals surface area contributed by atoms with Crippen molar-refractivity contribution < 1.29 is 9.53 Å². The van der Waals surface area contributed by atoms with Crippen LogP contribution in [-0.2, 0) is 4.79 Å². The van der Waals surface area contributed by atoms with Crippen molar-refractivity contribution >= 4 is 22.5 Å². The van der Waals surface area contributed by atoms with E-state index in [1.165, 1.54) is 0 Å². The monoisotopic (exact) mass is 398 g/mol. The fourth-order valence-electron chi connectivity index (χ4n) is 4.09. The molecule has 1 aliphatic heterocycles. The number of rotatable bonds is 8. The molecule has 0 bridgehead atoms. The Labute approximate surface area is 174 Å². The summed E-state index contributed by atoms with van der Waals surface area (Å²) >= 11 is 0. The Morgan fingerprint density at radius 1 is 1.31 bits per heavy atom. The Kier molecular flexibility index (Phi) is 6.32. The SMILES string of the molecule is COc1cc(NC(C)CCCN2C(=O)[C@@H](C(C)C)NC2(C)C)c2ncccc2c1. The van der Waals surface area contributed by atoms with Crippen LogP contribution in [0, 0.1) is 5.92 Å². The van der Waals surface area contributed by atoms with Gasteiger partial charge in [-0.1, -0.05) is 19.9 Å². The number of anilines is 1. The minimum Gasteiger partial charge on any atom is -0.497 e. The van der Waals surface area contributed by atoms with Gasteiger partial charge in [-0.05, 0) is 51.7 Å². The van der Waals surface area contributed by atoms with Crippen LogP contribution in [0.3, 0.4) is 0 Å². The van der Waals surface area contributed by atoms with Gasteiger partial charge in [0.15, 0.2) is 0 Å². The van der Waals surface area contributed by atoms with Gasteiger partial charge >= 0.3 is 0 Å². The maximum Gasteiger partial charge on any atom is 0.241 e. The zero-order valence-corrected chi connectivity index (χ0v) is 18.5. The highest BCUT2D eigenvalue weighted by atomic mass is 16.5. The second-order valence-corrected chi connectivity index (χ2v) is 8.85. The number of hydrogen-bond donors (Lipinski definition) is 2. The second-order valence-electron chi connectivity index (χ2n) is 8.85. The van der Waals surface area contributed by atoms with Gasteiger partial charge in [-0.2, -0.15) is 0 Å². The Bertz CT molecular complexity index is 865. The number of fused-ring (bicyclic) bond motifs is 1. The van der Waals surface area contributed by atoms with Crippen molar-refractivity contribution in [2.24, 2.45) is 5.92 Å². The number of benzene rings is 1. The van der Waals surface area contributed by atoms with E-state index in [-0.39, 0.29) is 23.7 Å². The van der Waals surface area contributed by atoms with Crippen LogP contribution in [0.4, 0.5) is 5.69 Å². The topological polar surface area (TPSA) is 66.5 Å². The number of carbonyl (C=O) groups is 1. The van der Waals surface area contributed by atoms with Gasteiger partial charge in [-0.15, -0.1) is 0 Å². The maximum atomic E-state index is 12.8. The lowest BCUT2D eigenvalue weighted by atomic mass is 10.0. The van der Waals surface area contributed by atoms with Crippen LogP contribution < -0.4 is 15.4 Å². The fourth-order valence-corrected chi connectivity index (χ4v) is 4.09. The van der Waals surface area contributed by atoms with E-state index < -0.39 is 0 Å². The molecule has 2 heterocycles. The first-order valence-electron chi connectivity index (χ1n) is 10.5. The molecule has 0 radical (unpaired) electrons. The summed E-state index contributed by atoms with van der Waals surface area (Å²) in [6.07, 6.45) is 3.70. The van der Waals surface area contributed by atoms with Gasteiger partial charge in [0.05, 0.1) is 30.0 Å². The highest BCUT2D eigenvalue weighted by Gasteiger charge is 2.44. The molecule has 0 aliphatic carbocycles. The van der Waals surface area contributed by atoms with Crippen LogP contribution in [0.5, 0.6) is 5.75 Å². The first-order chi connectivity index (χ1) is 13.7. The van der Waals surface area contributed by atoms with Gasteiger partial charge in [-0.3, -0.25) is 15.1 Å². The summed E-state index contributed by atoms with van der Waals surface area (Å²) < 4.78 is 5.44. The average molecular weight is 399 g/mol. The van der Waals surface area contributed by atoms with Gasteiger partial charge < -0.3 is 15.0 Å². The number of methoxy groups -OCH3 is 1. The molecule has 1 aromatic heterocycles. The number of aromatic nitrogens is 1. The van der Waals surface area contributed by atoms with Crippen LogP contribution in [0.25, 0.3) is 10.9 Å². The molecule has 2 atom stereocenters. The summed E-state index contributed by atoms with van der Waals surface area (Å²) in [5.74, 6) is 1.32. The number of pyridine rings is 1. The van der Waals surface area contributed by atoms with E-state index in [1.54, 1.807) is 7.11 Å². The molecule has 0 spiro atoms. The summed E-state index contributed by atoms with van der Waals surface area (Å²) in [4.78, 5) is 19.3. The molecule has 1 aromatic carbocycles. The van der Waals surface area contributed by atoms with E-state index in [0.29, 0.717) is 5.92 Å². The molecule has 29 heavy (non-hydrogen) atoms. The zero-order chi connectivity index (χ0) is 21.2. The van der Waals surface area contributed by atoms with E-state index in [1.807, 2.05) is 35.4 Å². The largest absolute Gasteiger partial charge is 0.497 e. The molecule has 1 saturated heterocycles. The quantitative estimate of drug-likeness (QED) is 0.703. The van der Waals surface area contributed by atoms with Gasteiger partial charge in [0.25, 0.3) is 0 Å². The van der Waals surface area contributed by atoms with E-state index in [2.05, 4.69) is 50.2 Å². The molecule has 1 amide bonds. The lowest BCUT2D eigenvalue weighted by Gasteiger charge is -2.31. The van der Waals surface area contributed by atoms with Crippen LogP contribution >= 0.6 is 0 Å². The van der Waals surface area contributed by atoms with Crippen molar-refractivity contribution in [2.45, 2.75) is 65.2 Å². The first-order valence-corrected chi connectivity index (χ1v) is 10.5. The Morgan fingerprint density at radius 2 is 2.07 bits per heavy atom. The molecule has 6 nitrogen and oxygen atoms in total. The van der Waals surface area contributed by atoms with Gasteiger partial charge in [-0.25, -0.2) is 0 Å². The molecular weight excluding hydrogens is 364 g/mol. The number of ether oxygens (including phenoxy) is 1. The minimum atomic E-state index is -0.296. The molecule has 2 aromatic rings. The van der Waals surface area contributed by atoms with Crippen molar-refractivity contribution in [3.8, 4) is 5.75 Å². The van der Waals surface area contributed by atoms with Crippen LogP contribution in [0.15, 0.2) is 30.5 Å². The van der Waals surface area contributed by atoms with Crippen LogP contribution in [0.1, 0.15) is 47.5 Å². The van der Waals surface area contributed by atoms with Crippen molar-refractivity contribution in [2.75, 3.05) is 19.0 Å². The van der Waals surface area contributed by atoms with Crippen molar-refractivity contribution in [3.05, 3.63) is 30.5 Å². The van der Waals surface area contributed by atoms with E-state index >= 15 is 0 Å². The fraction of sp³-hybridized carbons (Fsp3) is 0.565. The molecule has 6 heteroatoms. The van der Waals surface area contributed by atoms with Crippen LogP contribution in [0.2, 0.25) is 0 Å². The molecular formula is C23H34N4O2. The van der Waals surface area contributed by atoms with Crippen molar-refractivity contribution in [3.63, 3.8) is 0 Å². The molecule has 3 rings (SSSR count). The molecule has 1 fully saturated rings. The zero-order valence-electron chi connectivity index (χ0n) is 18.5. The predicted molar refractivity (Wildman–Crippen MR) is 118 cm³/mol. The van der Waals surface area contributed by atoms with E-state index in [9.17, 15) is 4.79 Å². The Hall–Kier alpha value is -2.34. The molecule has 1 aliphatic rings. The summed E-state index contributed by atoms with van der Waals surface area (Å²) in [5, 5.41) is 8.11.